The van der Waals surface area contributed by atoms with Gasteiger partial charge in [0, 0.05) is 31.6 Å². The number of hydrogen-bond acceptors (Lipinski definition) is 7. The summed E-state index contributed by atoms with van der Waals surface area (Å²) in [5.74, 6) is -4.24. The van der Waals surface area contributed by atoms with Crippen molar-refractivity contribution in [3.05, 3.63) is 35.9 Å². The zero-order valence-corrected chi connectivity index (χ0v) is 23.6. The van der Waals surface area contributed by atoms with E-state index in [0.717, 1.165) is 25.7 Å². The van der Waals surface area contributed by atoms with Crippen molar-refractivity contribution in [1.29, 1.82) is 0 Å². The lowest BCUT2D eigenvalue weighted by atomic mass is 9.81. The fourth-order valence-corrected chi connectivity index (χ4v) is 5.78. The van der Waals surface area contributed by atoms with E-state index in [1.807, 2.05) is 13.8 Å². The van der Waals surface area contributed by atoms with Gasteiger partial charge in [-0.3, -0.25) is 19.0 Å². The number of anilines is 1. The van der Waals surface area contributed by atoms with Crippen molar-refractivity contribution in [3.8, 4) is 0 Å². The Bertz CT molecular complexity index is 1430. The molecular formula is C27H35F3N10O2. The number of amides is 2. The number of nitrogens with zero attached hydrogens (tertiary/aromatic N) is 8. The third-order valence-electron chi connectivity index (χ3n) is 8.44. The average Bonchev–Trinajstić information content (AvgIpc) is 3.81. The maximum atomic E-state index is 15.2. The largest absolute Gasteiger partial charge is 0.339 e. The molecule has 3 aliphatic rings. The Hall–Kier alpha value is -3.78. The first-order valence-electron chi connectivity index (χ1n) is 14.6. The van der Waals surface area contributed by atoms with Crippen LogP contribution in [0.5, 0.6) is 0 Å². The first-order chi connectivity index (χ1) is 20.1. The van der Waals surface area contributed by atoms with Crippen LogP contribution in [-0.4, -0.2) is 63.5 Å². The third kappa shape index (κ3) is 6.04. The van der Waals surface area contributed by atoms with Crippen LogP contribution in [0.15, 0.2) is 18.5 Å². The number of hydrogen-bond donors (Lipinski definition) is 2. The van der Waals surface area contributed by atoms with Gasteiger partial charge in [0.25, 0.3) is 11.9 Å². The molecule has 1 unspecified atom stereocenters. The molecule has 2 N–H and O–H groups in total. The van der Waals surface area contributed by atoms with Gasteiger partial charge in [-0.15, -0.1) is 10.2 Å². The van der Waals surface area contributed by atoms with Crippen molar-refractivity contribution >= 4 is 17.5 Å². The molecule has 226 valence electrons. The molecular weight excluding hydrogens is 553 g/mol. The van der Waals surface area contributed by atoms with Gasteiger partial charge in [-0.05, 0) is 86.6 Å². The highest BCUT2D eigenvalue weighted by molar-refractivity contribution is 6.00. The average molecular weight is 589 g/mol. The van der Waals surface area contributed by atoms with Crippen LogP contribution in [0.1, 0.15) is 93.6 Å². The van der Waals surface area contributed by atoms with E-state index in [1.165, 1.54) is 27.8 Å². The number of halogens is 3. The summed E-state index contributed by atoms with van der Waals surface area (Å²) in [4.78, 5) is 26.9. The molecule has 3 aromatic heterocycles. The number of rotatable bonds is 11. The van der Waals surface area contributed by atoms with Crippen molar-refractivity contribution in [3.63, 3.8) is 0 Å². The van der Waals surface area contributed by atoms with Crippen LogP contribution < -0.4 is 10.6 Å². The van der Waals surface area contributed by atoms with E-state index in [4.69, 9.17) is 0 Å². The summed E-state index contributed by atoms with van der Waals surface area (Å²) in [6.45, 7) is 4.41. The minimum Gasteiger partial charge on any atom is -0.339 e. The summed E-state index contributed by atoms with van der Waals surface area (Å²) >= 11 is 0. The van der Waals surface area contributed by atoms with E-state index < -0.39 is 54.5 Å². The highest BCUT2D eigenvalue weighted by atomic mass is 19.3. The van der Waals surface area contributed by atoms with E-state index >= 15 is 4.39 Å². The van der Waals surface area contributed by atoms with Crippen molar-refractivity contribution < 1.29 is 22.8 Å². The van der Waals surface area contributed by atoms with Crippen LogP contribution in [0, 0.1) is 23.7 Å². The van der Waals surface area contributed by atoms with Gasteiger partial charge in [-0.2, -0.15) is 9.49 Å². The molecule has 42 heavy (non-hydrogen) atoms. The molecule has 2 atom stereocenters. The van der Waals surface area contributed by atoms with Gasteiger partial charge >= 0.3 is 0 Å². The first-order valence-corrected chi connectivity index (χ1v) is 14.6. The zero-order chi connectivity index (χ0) is 29.6. The minimum atomic E-state index is -2.82. The van der Waals surface area contributed by atoms with Crippen LogP contribution in [0.25, 0.3) is 0 Å². The SMILES string of the molecule is CC(C)n1nccc1C(=O)N[C@H](C(=O)Nc1cn(C(c2nnnn2CC2CC2)C2CC2)nc1F)C1CCC(F)(F)CC1. The van der Waals surface area contributed by atoms with Gasteiger partial charge in [0.05, 0.1) is 6.20 Å². The molecule has 3 heterocycles. The van der Waals surface area contributed by atoms with Crippen LogP contribution in [0.4, 0.5) is 18.9 Å². The lowest BCUT2D eigenvalue weighted by molar-refractivity contribution is -0.121. The van der Waals surface area contributed by atoms with Gasteiger partial charge in [0.2, 0.25) is 11.8 Å². The molecule has 3 saturated carbocycles. The Kier molecular flexibility index (Phi) is 7.51. The summed E-state index contributed by atoms with van der Waals surface area (Å²) in [5, 5.41) is 25.7. The lowest BCUT2D eigenvalue weighted by Gasteiger charge is -2.33. The number of carbonyl (C=O) groups excluding carboxylic acids is 2. The van der Waals surface area contributed by atoms with E-state index in [0.29, 0.717) is 18.3 Å². The van der Waals surface area contributed by atoms with Gasteiger partial charge in [0.15, 0.2) is 5.82 Å². The number of nitrogens with one attached hydrogen (secondary N) is 2. The number of carbonyl (C=O) groups is 2. The molecule has 0 saturated heterocycles. The summed E-state index contributed by atoms with van der Waals surface area (Å²) in [6.07, 6.45) is 6.23. The number of tetrazole rings is 1. The summed E-state index contributed by atoms with van der Waals surface area (Å²) < 4.78 is 47.8. The monoisotopic (exact) mass is 588 g/mol. The normalized spacial score (nSPS) is 20.4. The van der Waals surface area contributed by atoms with Crippen LogP contribution in [0.3, 0.4) is 0 Å². The van der Waals surface area contributed by atoms with E-state index in [2.05, 4.69) is 36.4 Å². The summed E-state index contributed by atoms with van der Waals surface area (Å²) in [7, 11) is 0. The molecule has 0 bridgehead atoms. The van der Waals surface area contributed by atoms with Crippen molar-refractivity contribution in [1.82, 2.24) is 45.1 Å². The van der Waals surface area contributed by atoms with E-state index in [1.54, 1.807) is 4.68 Å². The second kappa shape index (κ2) is 11.1. The van der Waals surface area contributed by atoms with Gasteiger partial charge in [-0.1, -0.05) is 0 Å². The van der Waals surface area contributed by atoms with Crippen LogP contribution >= 0.6 is 0 Å². The standard InChI is InChI=1S/C27H35F3N10O2/c1-15(2)40-20(9-12-31-40)25(41)33-21(17-7-10-27(29,30)11-8-17)26(42)32-19-14-38(35-23(19)28)22(18-5-6-18)24-34-36-37-39(24)13-16-3-4-16/h9,12,14-18,21-22H,3-8,10-11,13H2,1-2H3,(H,32,42)(H,33,41)/t21-,22?/m0/s1. The fraction of sp³-hybridized carbons (Fsp3) is 0.667. The number of aromatic nitrogens is 8. The first kappa shape index (κ1) is 28.3. The third-order valence-corrected chi connectivity index (χ3v) is 8.44. The van der Waals surface area contributed by atoms with Crippen LogP contribution in [-0.2, 0) is 11.3 Å². The molecule has 3 aliphatic carbocycles. The molecule has 0 radical (unpaired) electrons. The molecule has 3 fully saturated rings. The predicted octanol–water partition coefficient (Wildman–Crippen LogP) is 3.76. The Balaban J connectivity index is 1.23. The van der Waals surface area contributed by atoms with E-state index in [-0.39, 0.29) is 36.2 Å². The highest BCUT2D eigenvalue weighted by Gasteiger charge is 2.42. The number of alkyl halides is 2. The van der Waals surface area contributed by atoms with Crippen molar-refractivity contribution in [2.75, 3.05) is 5.32 Å². The maximum Gasteiger partial charge on any atom is 0.270 e. The van der Waals surface area contributed by atoms with Gasteiger partial charge in [0.1, 0.15) is 23.5 Å². The maximum absolute atomic E-state index is 15.2. The van der Waals surface area contributed by atoms with Gasteiger partial charge < -0.3 is 10.6 Å². The molecule has 12 nitrogen and oxygen atoms in total. The van der Waals surface area contributed by atoms with Crippen LogP contribution in [0.2, 0.25) is 0 Å². The Morgan fingerprint density at radius 3 is 2.50 bits per heavy atom. The zero-order valence-electron chi connectivity index (χ0n) is 23.6. The molecule has 0 spiro atoms. The molecule has 0 aromatic carbocycles. The van der Waals surface area contributed by atoms with Gasteiger partial charge in [-0.25, -0.2) is 13.5 Å². The Morgan fingerprint density at radius 1 is 1.10 bits per heavy atom. The summed E-state index contributed by atoms with van der Waals surface area (Å²) in [5.41, 5.74) is 0.0682. The Labute approximate surface area is 240 Å². The second-order valence-corrected chi connectivity index (χ2v) is 12.1. The molecule has 3 aromatic rings. The van der Waals surface area contributed by atoms with E-state index in [9.17, 15) is 18.4 Å². The molecule has 0 aliphatic heterocycles. The predicted molar refractivity (Wildman–Crippen MR) is 143 cm³/mol. The smallest absolute Gasteiger partial charge is 0.270 e. The minimum absolute atomic E-state index is 0.0317. The molecule has 2 amide bonds. The molecule has 15 heteroatoms. The van der Waals surface area contributed by atoms with Crippen molar-refractivity contribution in [2.24, 2.45) is 17.8 Å². The molecule has 6 rings (SSSR count). The topological polar surface area (TPSA) is 137 Å². The second-order valence-electron chi connectivity index (χ2n) is 12.1. The fourth-order valence-electron chi connectivity index (χ4n) is 5.78. The Morgan fingerprint density at radius 2 is 1.83 bits per heavy atom. The summed E-state index contributed by atoms with van der Waals surface area (Å²) in [6, 6.07) is -0.160. The van der Waals surface area contributed by atoms with Crippen molar-refractivity contribution in [2.45, 2.75) is 95.8 Å². The lowest BCUT2D eigenvalue weighted by Crippen LogP contribution is -2.50. The highest BCUT2D eigenvalue weighted by Crippen LogP contribution is 2.43. The quantitative estimate of drug-likeness (QED) is 0.348.